The Labute approximate surface area is 278 Å². The molecule has 2 heterocycles. The number of hydrogen-bond donors (Lipinski definition) is 0. The summed E-state index contributed by atoms with van der Waals surface area (Å²) in [6.45, 7) is 0. The lowest BCUT2D eigenvalue weighted by molar-refractivity contribution is 1.18. The van der Waals surface area contributed by atoms with Crippen molar-refractivity contribution >= 4 is 32.4 Å². The molecule has 0 bridgehead atoms. The predicted octanol–water partition coefficient (Wildman–Crippen LogP) is 11.1. The Morgan fingerprint density at radius 2 is 0.792 bits per heavy atom. The number of fused-ring (bicyclic) bond motifs is 4. The van der Waals surface area contributed by atoms with E-state index in [0.717, 1.165) is 55.8 Å². The summed E-state index contributed by atoms with van der Waals surface area (Å²) in [5, 5.41) is 5.92. The summed E-state index contributed by atoms with van der Waals surface area (Å²) >= 11 is 0. The van der Waals surface area contributed by atoms with Gasteiger partial charge in [0.1, 0.15) is 0 Å². The second-order valence-corrected chi connectivity index (χ2v) is 11.9. The standard InChI is InChI=1S/C44H28N4/c1-3-12-31(13-4-1)40-28-41(47-43(46-40)33-14-5-2-6-15-33)32-22-24-34(25-23-32)44-45-39-18-10-9-17-37(39)42(48-44)35-26-21-30-20-19-29-11-7-8-16-36(29)38(30)27-35/h1-28H. The minimum atomic E-state index is 0.686. The van der Waals surface area contributed by atoms with Gasteiger partial charge in [-0.05, 0) is 39.7 Å². The minimum Gasteiger partial charge on any atom is -0.228 e. The van der Waals surface area contributed by atoms with Crippen LogP contribution in [0.25, 0.3) is 89.0 Å². The number of nitrogens with zero attached hydrogens (tertiary/aromatic N) is 4. The normalized spacial score (nSPS) is 11.3. The van der Waals surface area contributed by atoms with Gasteiger partial charge in [0.2, 0.25) is 0 Å². The highest BCUT2D eigenvalue weighted by Gasteiger charge is 2.14. The first-order valence-corrected chi connectivity index (χ1v) is 16.1. The average molecular weight is 613 g/mol. The van der Waals surface area contributed by atoms with Crippen molar-refractivity contribution in [3.05, 3.63) is 170 Å². The minimum absolute atomic E-state index is 0.686. The van der Waals surface area contributed by atoms with Gasteiger partial charge in [-0.1, -0.05) is 152 Å². The van der Waals surface area contributed by atoms with E-state index in [-0.39, 0.29) is 0 Å². The van der Waals surface area contributed by atoms with Crippen LogP contribution < -0.4 is 0 Å². The molecule has 2 aromatic heterocycles. The fraction of sp³-hybridized carbons (Fsp3) is 0. The molecule has 0 aliphatic rings. The third-order valence-electron chi connectivity index (χ3n) is 8.89. The number of para-hydroxylation sites is 1. The van der Waals surface area contributed by atoms with Gasteiger partial charge in [-0.3, -0.25) is 0 Å². The van der Waals surface area contributed by atoms with Crippen molar-refractivity contribution in [2.24, 2.45) is 0 Å². The van der Waals surface area contributed by atoms with Crippen LogP contribution in [0.1, 0.15) is 0 Å². The smallest absolute Gasteiger partial charge is 0.160 e. The predicted molar refractivity (Wildman–Crippen MR) is 197 cm³/mol. The molecule has 0 amide bonds. The van der Waals surface area contributed by atoms with Gasteiger partial charge in [0.05, 0.1) is 22.6 Å². The Morgan fingerprint density at radius 1 is 0.292 bits per heavy atom. The summed E-state index contributed by atoms with van der Waals surface area (Å²) in [7, 11) is 0. The summed E-state index contributed by atoms with van der Waals surface area (Å²) in [4.78, 5) is 20.2. The summed E-state index contributed by atoms with van der Waals surface area (Å²) in [6.07, 6.45) is 0. The maximum Gasteiger partial charge on any atom is 0.160 e. The second kappa shape index (κ2) is 11.7. The van der Waals surface area contributed by atoms with Crippen molar-refractivity contribution in [3.63, 3.8) is 0 Å². The lowest BCUT2D eigenvalue weighted by Gasteiger charge is -2.12. The molecule has 224 valence electrons. The molecule has 0 fully saturated rings. The molecule has 0 saturated heterocycles. The van der Waals surface area contributed by atoms with Gasteiger partial charge in [0.25, 0.3) is 0 Å². The lowest BCUT2D eigenvalue weighted by Crippen LogP contribution is -1.97. The topological polar surface area (TPSA) is 51.6 Å². The first kappa shape index (κ1) is 27.8. The highest BCUT2D eigenvalue weighted by Crippen LogP contribution is 2.34. The lowest BCUT2D eigenvalue weighted by atomic mass is 9.97. The van der Waals surface area contributed by atoms with Crippen LogP contribution in [0.2, 0.25) is 0 Å². The van der Waals surface area contributed by atoms with Crippen LogP contribution >= 0.6 is 0 Å². The van der Waals surface area contributed by atoms with Crippen molar-refractivity contribution in [2.75, 3.05) is 0 Å². The molecular formula is C44H28N4. The molecule has 0 aliphatic carbocycles. The van der Waals surface area contributed by atoms with E-state index in [9.17, 15) is 0 Å². The molecule has 4 heteroatoms. The van der Waals surface area contributed by atoms with Gasteiger partial charge in [-0.25, -0.2) is 19.9 Å². The maximum atomic E-state index is 5.20. The quantitative estimate of drug-likeness (QED) is 0.181. The van der Waals surface area contributed by atoms with Crippen LogP contribution in [0, 0.1) is 0 Å². The first-order chi connectivity index (χ1) is 23.8. The second-order valence-electron chi connectivity index (χ2n) is 11.9. The van der Waals surface area contributed by atoms with E-state index in [4.69, 9.17) is 19.9 Å². The number of benzene rings is 7. The van der Waals surface area contributed by atoms with Crippen molar-refractivity contribution in [3.8, 4) is 56.5 Å². The molecule has 0 spiro atoms. The molecule has 7 aromatic carbocycles. The van der Waals surface area contributed by atoms with Crippen LogP contribution in [0.15, 0.2) is 170 Å². The van der Waals surface area contributed by atoms with E-state index in [1.807, 2.05) is 54.6 Å². The van der Waals surface area contributed by atoms with Gasteiger partial charge in [0, 0.05) is 33.2 Å². The van der Waals surface area contributed by atoms with Crippen molar-refractivity contribution < 1.29 is 0 Å². The molecule has 0 unspecified atom stereocenters. The molecule has 9 aromatic rings. The fourth-order valence-corrected chi connectivity index (χ4v) is 6.43. The van der Waals surface area contributed by atoms with Crippen molar-refractivity contribution in [1.29, 1.82) is 0 Å². The Kier molecular flexibility index (Phi) is 6.76. The van der Waals surface area contributed by atoms with Crippen molar-refractivity contribution in [2.45, 2.75) is 0 Å². The van der Waals surface area contributed by atoms with Gasteiger partial charge in [0.15, 0.2) is 11.6 Å². The summed E-state index contributed by atoms with van der Waals surface area (Å²) in [5.74, 6) is 1.38. The SMILES string of the molecule is c1ccc(-c2cc(-c3ccc(-c4nc(-c5ccc6ccc7ccccc7c6c5)c5ccccc5n4)cc3)nc(-c3ccccc3)n2)cc1. The monoisotopic (exact) mass is 612 g/mol. The van der Waals surface area contributed by atoms with E-state index in [2.05, 4.69) is 115 Å². The third kappa shape index (κ3) is 5.06. The molecule has 0 aliphatic heterocycles. The van der Waals surface area contributed by atoms with Gasteiger partial charge in [-0.2, -0.15) is 0 Å². The summed E-state index contributed by atoms with van der Waals surface area (Å²) in [6, 6.07) is 58.6. The fourth-order valence-electron chi connectivity index (χ4n) is 6.43. The van der Waals surface area contributed by atoms with E-state index in [1.165, 1.54) is 21.5 Å². The number of rotatable bonds is 5. The molecule has 48 heavy (non-hydrogen) atoms. The third-order valence-corrected chi connectivity index (χ3v) is 8.89. The van der Waals surface area contributed by atoms with E-state index >= 15 is 0 Å². The maximum absolute atomic E-state index is 5.20. The van der Waals surface area contributed by atoms with Crippen LogP contribution in [0.5, 0.6) is 0 Å². The molecule has 0 N–H and O–H groups in total. The van der Waals surface area contributed by atoms with Crippen LogP contribution in [0.4, 0.5) is 0 Å². The number of hydrogen-bond acceptors (Lipinski definition) is 4. The van der Waals surface area contributed by atoms with E-state index in [1.54, 1.807) is 0 Å². The summed E-state index contributed by atoms with van der Waals surface area (Å²) < 4.78 is 0. The zero-order valence-corrected chi connectivity index (χ0v) is 26.0. The molecule has 0 atom stereocenters. The number of aromatic nitrogens is 4. The highest BCUT2D eigenvalue weighted by molar-refractivity contribution is 6.09. The molecular weight excluding hydrogens is 585 g/mol. The van der Waals surface area contributed by atoms with Gasteiger partial charge >= 0.3 is 0 Å². The molecule has 4 nitrogen and oxygen atoms in total. The van der Waals surface area contributed by atoms with Crippen LogP contribution in [-0.4, -0.2) is 19.9 Å². The first-order valence-electron chi connectivity index (χ1n) is 16.1. The van der Waals surface area contributed by atoms with Crippen LogP contribution in [-0.2, 0) is 0 Å². The van der Waals surface area contributed by atoms with Crippen molar-refractivity contribution in [1.82, 2.24) is 19.9 Å². The Hall–Kier alpha value is -6.52. The van der Waals surface area contributed by atoms with Gasteiger partial charge in [-0.15, -0.1) is 0 Å². The average Bonchev–Trinajstić information content (AvgIpc) is 3.18. The molecule has 9 rings (SSSR count). The summed E-state index contributed by atoms with van der Waals surface area (Å²) in [5.41, 5.74) is 8.61. The highest BCUT2D eigenvalue weighted by atomic mass is 14.9. The molecule has 0 saturated carbocycles. The van der Waals surface area contributed by atoms with E-state index < -0.39 is 0 Å². The zero-order chi connectivity index (χ0) is 31.9. The van der Waals surface area contributed by atoms with Gasteiger partial charge < -0.3 is 0 Å². The van der Waals surface area contributed by atoms with Crippen LogP contribution in [0.3, 0.4) is 0 Å². The zero-order valence-electron chi connectivity index (χ0n) is 26.0. The largest absolute Gasteiger partial charge is 0.228 e. The Balaban J connectivity index is 1.15. The Bertz CT molecular complexity index is 2540. The van der Waals surface area contributed by atoms with E-state index in [0.29, 0.717) is 11.6 Å². The Morgan fingerprint density at radius 3 is 1.54 bits per heavy atom. The molecule has 0 radical (unpaired) electrons.